The number of aromatic nitrogens is 4. The Morgan fingerprint density at radius 2 is 2.06 bits per heavy atom. The summed E-state index contributed by atoms with van der Waals surface area (Å²) < 4.78 is 54.2. The van der Waals surface area contributed by atoms with Gasteiger partial charge in [0.1, 0.15) is 17.6 Å². The Hall–Kier alpha value is -3.89. The SMILES string of the molecule is O=C(NCc1ncco1)c1oc2c(c1C(F)(F)F)-c1nn(Cc3ccccn3)cc1CC2. The van der Waals surface area contributed by atoms with Crippen molar-refractivity contribution in [1.82, 2.24) is 25.1 Å². The van der Waals surface area contributed by atoms with Gasteiger partial charge in [-0.2, -0.15) is 18.3 Å². The lowest BCUT2D eigenvalue weighted by Gasteiger charge is -2.12. The van der Waals surface area contributed by atoms with Gasteiger partial charge in [0.2, 0.25) is 11.7 Å². The van der Waals surface area contributed by atoms with Crippen molar-refractivity contribution in [2.24, 2.45) is 0 Å². The monoisotopic (exact) mass is 443 g/mol. The summed E-state index contributed by atoms with van der Waals surface area (Å²) in [4.78, 5) is 20.6. The Labute approximate surface area is 179 Å². The maximum atomic E-state index is 14.1. The highest BCUT2D eigenvalue weighted by atomic mass is 19.4. The van der Waals surface area contributed by atoms with Crippen molar-refractivity contribution in [3.8, 4) is 11.3 Å². The number of pyridine rings is 1. The summed E-state index contributed by atoms with van der Waals surface area (Å²) in [6.45, 7) is 0.143. The molecule has 4 aromatic heterocycles. The third-order valence-electron chi connectivity index (χ3n) is 5.10. The first-order valence-electron chi connectivity index (χ1n) is 9.76. The second kappa shape index (κ2) is 7.66. The predicted octanol–water partition coefficient (Wildman–Crippen LogP) is 3.62. The first-order valence-corrected chi connectivity index (χ1v) is 9.76. The van der Waals surface area contributed by atoms with Gasteiger partial charge in [-0.15, -0.1) is 0 Å². The van der Waals surface area contributed by atoms with Crippen LogP contribution in [-0.4, -0.2) is 25.7 Å². The summed E-state index contributed by atoms with van der Waals surface area (Å²) >= 11 is 0. The van der Waals surface area contributed by atoms with Gasteiger partial charge < -0.3 is 14.2 Å². The van der Waals surface area contributed by atoms with Crippen molar-refractivity contribution in [3.63, 3.8) is 0 Å². The Morgan fingerprint density at radius 1 is 1.19 bits per heavy atom. The van der Waals surface area contributed by atoms with Gasteiger partial charge in [-0.1, -0.05) is 6.07 Å². The molecule has 0 radical (unpaired) electrons. The average Bonchev–Trinajstić information content (AvgIpc) is 3.49. The molecular weight excluding hydrogens is 427 g/mol. The van der Waals surface area contributed by atoms with E-state index in [-0.39, 0.29) is 35.9 Å². The molecule has 0 saturated heterocycles. The molecule has 1 aliphatic rings. The Morgan fingerprint density at radius 3 is 2.78 bits per heavy atom. The minimum atomic E-state index is -4.81. The Bertz CT molecular complexity index is 1260. The molecular formula is C21H16F3N5O3. The molecule has 0 aliphatic heterocycles. The second-order valence-electron chi connectivity index (χ2n) is 7.23. The molecule has 0 unspecified atom stereocenters. The van der Waals surface area contributed by atoms with Gasteiger partial charge in [0.15, 0.2) is 0 Å². The van der Waals surface area contributed by atoms with Gasteiger partial charge in [0.05, 0.1) is 36.2 Å². The van der Waals surface area contributed by atoms with Crippen molar-refractivity contribution < 1.29 is 26.8 Å². The molecule has 8 nitrogen and oxygen atoms in total. The Kier molecular flexibility index (Phi) is 4.80. The molecule has 164 valence electrons. The number of hydrogen-bond donors (Lipinski definition) is 1. The lowest BCUT2D eigenvalue weighted by molar-refractivity contribution is -0.137. The summed E-state index contributed by atoms with van der Waals surface area (Å²) in [6.07, 6.45) is 1.89. The molecule has 4 aromatic rings. The molecule has 1 aliphatic carbocycles. The van der Waals surface area contributed by atoms with Crippen LogP contribution < -0.4 is 5.32 Å². The number of nitrogens with zero attached hydrogens (tertiary/aromatic N) is 4. The van der Waals surface area contributed by atoms with Crippen LogP contribution in [0.3, 0.4) is 0 Å². The van der Waals surface area contributed by atoms with Crippen LogP contribution in [0.15, 0.2) is 51.9 Å². The van der Waals surface area contributed by atoms with E-state index in [1.165, 1.54) is 12.5 Å². The van der Waals surface area contributed by atoms with Crippen molar-refractivity contribution in [2.45, 2.75) is 32.1 Å². The van der Waals surface area contributed by atoms with Gasteiger partial charge in [-0.05, 0) is 24.1 Å². The molecule has 0 fully saturated rings. The Balaban J connectivity index is 1.51. The number of aryl methyl sites for hydroxylation is 2. The number of fused-ring (bicyclic) bond motifs is 3. The summed E-state index contributed by atoms with van der Waals surface area (Å²) in [5, 5.41) is 6.74. The average molecular weight is 443 g/mol. The van der Waals surface area contributed by atoms with E-state index in [1.54, 1.807) is 29.2 Å². The standard InChI is InChI=1S/C21H16F3N5O3/c22-21(23,24)17-16-14(32-19(17)20(30)27-9-15-26-7-8-31-15)5-4-12-10-29(28-18(12)16)11-13-3-1-2-6-25-13/h1-3,6-8,10H,4-5,9,11H2,(H,27,30). The topological polar surface area (TPSA) is 99.0 Å². The summed E-state index contributed by atoms with van der Waals surface area (Å²) in [5.74, 6) is -1.53. The highest BCUT2D eigenvalue weighted by Crippen LogP contribution is 2.46. The molecule has 1 amide bonds. The van der Waals surface area contributed by atoms with Crippen LogP contribution in [0.4, 0.5) is 13.2 Å². The number of oxazole rings is 1. The van der Waals surface area contributed by atoms with E-state index in [2.05, 4.69) is 20.4 Å². The molecule has 4 heterocycles. The van der Waals surface area contributed by atoms with Crippen molar-refractivity contribution in [2.75, 3.05) is 0 Å². The summed E-state index contributed by atoms with van der Waals surface area (Å²) in [6, 6.07) is 5.41. The van der Waals surface area contributed by atoms with E-state index in [4.69, 9.17) is 8.83 Å². The predicted molar refractivity (Wildman–Crippen MR) is 103 cm³/mol. The van der Waals surface area contributed by atoms with E-state index >= 15 is 0 Å². The van der Waals surface area contributed by atoms with E-state index in [1.807, 2.05) is 6.07 Å². The van der Waals surface area contributed by atoms with Crippen LogP contribution >= 0.6 is 0 Å². The lowest BCUT2D eigenvalue weighted by atomic mass is 9.93. The fourth-order valence-electron chi connectivity index (χ4n) is 3.75. The maximum absolute atomic E-state index is 14.1. The van der Waals surface area contributed by atoms with Crippen molar-refractivity contribution >= 4 is 5.91 Å². The summed E-state index contributed by atoms with van der Waals surface area (Å²) in [7, 11) is 0. The molecule has 1 N–H and O–H groups in total. The molecule has 0 bridgehead atoms. The molecule has 0 spiro atoms. The van der Waals surface area contributed by atoms with E-state index < -0.39 is 23.4 Å². The van der Waals surface area contributed by atoms with Crippen LogP contribution in [0.2, 0.25) is 0 Å². The minimum absolute atomic E-state index is 0.0918. The third kappa shape index (κ3) is 3.66. The number of carbonyl (C=O) groups is 1. The summed E-state index contributed by atoms with van der Waals surface area (Å²) in [5.41, 5.74) is 0.250. The van der Waals surface area contributed by atoms with Crippen LogP contribution in [0, 0.1) is 0 Å². The highest BCUT2D eigenvalue weighted by Gasteiger charge is 2.45. The van der Waals surface area contributed by atoms with Crippen molar-refractivity contribution in [1.29, 1.82) is 0 Å². The van der Waals surface area contributed by atoms with Crippen LogP contribution in [0.5, 0.6) is 0 Å². The minimum Gasteiger partial charge on any atom is -0.455 e. The number of alkyl halides is 3. The third-order valence-corrected chi connectivity index (χ3v) is 5.10. The number of hydrogen-bond acceptors (Lipinski definition) is 6. The molecule has 32 heavy (non-hydrogen) atoms. The normalized spacial score (nSPS) is 13.0. The number of furan rings is 1. The van der Waals surface area contributed by atoms with Gasteiger partial charge in [-0.25, -0.2) is 4.98 Å². The fraction of sp³-hybridized carbons (Fsp3) is 0.238. The zero-order chi connectivity index (χ0) is 22.3. The number of carbonyl (C=O) groups excluding carboxylic acids is 1. The maximum Gasteiger partial charge on any atom is 0.420 e. The number of rotatable bonds is 5. The molecule has 0 aromatic carbocycles. The zero-order valence-corrected chi connectivity index (χ0v) is 16.5. The quantitative estimate of drug-likeness (QED) is 0.506. The van der Waals surface area contributed by atoms with Crippen LogP contribution in [-0.2, 0) is 32.1 Å². The molecule has 0 saturated carbocycles. The van der Waals surface area contributed by atoms with Gasteiger partial charge in [0, 0.05) is 18.8 Å². The largest absolute Gasteiger partial charge is 0.455 e. The molecule has 0 atom stereocenters. The van der Waals surface area contributed by atoms with Crippen molar-refractivity contribution in [3.05, 3.63) is 77.3 Å². The smallest absolute Gasteiger partial charge is 0.420 e. The van der Waals surface area contributed by atoms with E-state index in [0.717, 1.165) is 5.69 Å². The lowest BCUT2D eigenvalue weighted by Crippen LogP contribution is -2.25. The number of halogens is 3. The highest BCUT2D eigenvalue weighted by molar-refractivity contribution is 5.96. The molecule has 5 rings (SSSR count). The number of nitrogens with one attached hydrogen (secondary N) is 1. The first kappa shape index (κ1) is 20.0. The van der Waals surface area contributed by atoms with Crippen LogP contribution in [0.1, 0.15) is 39.0 Å². The van der Waals surface area contributed by atoms with Gasteiger partial charge in [0.25, 0.3) is 5.91 Å². The number of amides is 1. The molecule has 11 heteroatoms. The zero-order valence-electron chi connectivity index (χ0n) is 16.5. The second-order valence-corrected chi connectivity index (χ2v) is 7.23. The van der Waals surface area contributed by atoms with E-state index in [9.17, 15) is 18.0 Å². The van der Waals surface area contributed by atoms with E-state index in [0.29, 0.717) is 18.5 Å². The van der Waals surface area contributed by atoms with Gasteiger partial charge in [-0.3, -0.25) is 14.5 Å². The fourth-order valence-corrected chi connectivity index (χ4v) is 3.75. The van der Waals surface area contributed by atoms with Crippen LogP contribution in [0.25, 0.3) is 11.3 Å². The first-order chi connectivity index (χ1) is 15.4. The van der Waals surface area contributed by atoms with Gasteiger partial charge >= 0.3 is 6.18 Å².